The Balaban J connectivity index is 2.02. The molecule has 0 amide bonds. The van der Waals surface area contributed by atoms with Gasteiger partial charge in [-0.25, -0.2) is 19.3 Å². The van der Waals surface area contributed by atoms with E-state index in [-0.39, 0.29) is 11.6 Å². The van der Waals surface area contributed by atoms with E-state index in [0.29, 0.717) is 21.6 Å². The van der Waals surface area contributed by atoms with Crippen molar-refractivity contribution in [3.05, 3.63) is 35.5 Å². The third-order valence-corrected chi connectivity index (χ3v) is 5.18. The molecule has 0 saturated carbocycles. The van der Waals surface area contributed by atoms with Crippen LogP contribution in [-0.4, -0.2) is 44.7 Å². The zero-order valence-electron chi connectivity index (χ0n) is 15.4. The first-order valence-corrected chi connectivity index (χ1v) is 10.3. The lowest BCUT2D eigenvalue weighted by atomic mass is 9.88. The van der Waals surface area contributed by atoms with Gasteiger partial charge in [0.05, 0.1) is 17.0 Å². The topological polar surface area (TPSA) is 121 Å². The third-order valence-electron chi connectivity index (χ3n) is 4.22. The van der Waals surface area contributed by atoms with Gasteiger partial charge in [-0.2, -0.15) is 8.42 Å². The fraction of sp³-hybridized carbons (Fsp3) is 0.353. The van der Waals surface area contributed by atoms with Crippen molar-refractivity contribution >= 4 is 38.6 Å². The number of nitrogens with zero attached hydrogens (tertiary/aromatic N) is 3. The van der Waals surface area contributed by atoms with Crippen LogP contribution in [0.3, 0.4) is 0 Å². The van der Waals surface area contributed by atoms with Gasteiger partial charge in [-0.3, -0.25) is 4.55 Å². The van der Waals surface area contributed by atoms with E-state index in [0.717, 1.165) is 6.20 Å². The summed E-state index contributed by atoms with van der Waals surface area (Å²) in [6, 6.07) is 0.894. The number of aromatic nitrogens is 4. The summed E-state index contributed by atoms with van der Waals surface area (Å²) in [4.78, 5) is 15.4. The van der Waals surface area contributed by atoms with Crippen molar-refractivity contribution < 1.29 is 17.4 Å². The summed E-state index contributed by atoms with van der Waals surface area (Å²) in [6.07, 6.45) is 4.12. The van der Waals surface area contributed by atoms with E-state index in [1.807, 2.05) is 0 Å². The Morgan fingerprint density at radius 3 is 2.68 bits per heavy atom. The van der Waals surface area contributed by atoms with Crippen LogP contribution in [0.1, 0.15) is 20.8 Å². The summed E-state index contributed by atoms with van der Waals surface area (Å²) in [7, 11) is -4.28. The van der Waals surface area contributed by atoms with Crippen molar-refractivity contribution in [3.8, 4) is 11.4 Å². The largest absolute Gasteiger partial charge is 0.363 e. The molecule has 0 aliphatic heterocycles. The minimum atomic E-state index is -4.28. The Morgan fingerprint density at radius 2 is 2.04 bits per heavy atom. The second-order valence-corrected chi connectivity index (χ2v) is 9.39. The highest BCUT2D eigenvalue weighted by Gasteiger charge is 2.30. The number of rotatable bonds is 5. The van der Waals surface area contributed by atoms with Crippen LogP contribution in [0.2, 0.25) is 5.02 Å². The van der Waals surface area contributed by atoms with Crippen LogP contribution >= 0.6 is 11.6 Å². The maximum atomic E-state index is 14.3. The van der Waals surface area contributed by atoms with Crippen LogP contribution in [0.5, 0.6) is 0 Å². The lowest BCUT2D eigenvalue weighted by Gasteiger charge is -2.31. The van der Waals surface area contributed by atoms with Gasteiger partial charge in [-0.1, -0.05) is 32.4 Å². The molecule has 8 nitrogen and oxygen atoms in total. The molecular formula is C17H19ClFN5O3S. The van der Waals surface area contributed by atoms with Crippen LogP contribution in [0, 0.1) is 11.2 Å². The van der Waals surface area contributed by atoms with Crippen LogP contribution in [0.4, 0.5) is 10.2 Å². The first kappa shape index (κ1) is 20.4. The molecular weight excluding hydrogens is 409 g/mol. The number of fused-ring (bicyclic) bond motifs is 1. The number of halogens is 2. The quantitative estimate of drug-likeness (QED) is 0.532. The molecule has 3 aromatic rings. The molecule has 3 aromatic heterocycles. The Morgan fingerprint density at radius 1 is 1.32 bits per heavy atom. The summed E-state index contributed by atoms with van der Waals surface area (Å²) in [6.45, 7) is 5.30. The van der Waals surface area contributed by atoms with Crippen LogP contribution in [-0.2, 0) is 10.1 Å². The normalized spacial score (nSPS) is 13.6. The van der Waals surface area contributed by atoms with Crippen molar-refractivity contribution in [1.82, 2.24) is 19.9 Å². The molecule has 0 aliphatic rings. The second kappa shape index (κ2) is 7.26. The van der Waals surface area contributed by atoms with E-state index in [1.54, 1.807) is 33.0 Å². The molecule has 11 heteroatoms. The van der Waals surface area contributed by atoms with Crippen molar-refractivity contribution in [2.45, 2.75) is 26.8 Å². The van der Waals surface area contributed by atoms with E-state index in [1.165, 1.54) is 6.20 Å². The summed E-state index contributed by atoms with van der Waals surface area (Å²) < 4.78 is 46.3. The highest BCUT2D eigenvalue weighted by molar-refractivity contribution is 7.85. The average molecular weight is 428 g/mol. The second-order valence-electron chi connectivity index (χ2n) is 7.45. The number of nitrogens with one attached hydrogen (secondary N) is 2. The number of pyridine rings is 1. The molecule has 0 radical (unpaired) electrons. The molecule has 0 bridgehead atoms. The molecule has 0 unspecified atom stereocenters. The SMILES string of the molecule is CC(C)(C)[C@@H](CS(=O)(=O)O)Nc1nc(-c2c[nH]c3ncc(Cl)cc23)ncc1F. The van der Waals surface area contributed by atoms with Crippen LogP contribution in [0.25, 0.3) is 22.4 Å². The molecule has 0 spiro atoms. The van der Waals surface area contributed by atoms with E-state index in [4.69, 9.17) is 11.6 Å². The molecule has 1 atom stereocenters. The molecule has 28 heavy (non-hydrogen) atoms. The minimum Gasteiger partial charge on any atom is -0.363 e. The van der Waals surface area contributed by atoms with Gasteiger partial charge < -0.3 is 10.3 Å². The molecule has 0 aliphatic carbocycles. The van der Waals surface area contributed by atoms with Gasteiger partial charge >= 0.3 is 0 Å². The molecule has 3 rings (SSSR count). The van der Waals surface area contributed by atoms with Gasteiger partial charge in [-0.15, -0.1) is 0 Å². The van der Waals surface area contributed by atoms with Crippen molar-refractivity contribution in [2.75, 3.05) is 11.1 Å². The third kappa shape index (κ3) is 4.57. The number of anilines is 1. The molecule has 0 aromatic carbocycles. The first-order chi connectivity index (χ1) is 12.9. The Labute approximate surface area is 166 Å². The Kier molecular flexibility index (Phi) is 5.30. The van der Waals surface area contributed by atoms with Gasteiger partial charge in [-0.05, 0) is 11.5 Å². The monoisotopic (exact) mass is 427 g/mol. The molecule has 0 fully saturated rings. The Hall–Kier alpha value is -2.30. The zero-order valence-corrected chi connectivity index (χ0v) is 16.9. The number of aromatic amines is 1. The van der Waals surface area contributed by atoms with Gasteiger partial charge in [0.25, 0.3) is 10.1 Å². The summed E-state index contributed by atoms with van der Waals surface area (Å²) in [5, 5.41) is 3.88. The van der Waals surface area contributed by atoms with Crippen molar-refractivity contribution in [1.29, 1.82) is 0 Å². The van der Waals surface area contributed by atoms with Gasteiger partial charge in [0.15, 0.2) is 17.5 Å². The minimum absolute atomic E-state index is 0.169. The number of hydrogen-bond donors (Lipinski definition) is 3. The molecule has 3 N–H and O–H groups in total. The smallest absolute Gasteiger partial charge is 0.266 e. The van der Waals surface area contributed by atoms with Gasteiger partial charge in [0.1, 0.15) is 5.65 Å². The zero-order chi connectivity index (χ0) is 20.7. The highest BCUT2D eigenvalue weighted by Crippen LogP contribution is 2.29. The van der Waals surface area contributed by atoms with Crippen LogP contribution < -0.4 is 5.32 Å². The van der Waals surface area contributed by atoms with E-state index in [9.17, 15) is 17.4 Å². The fourth-order valence-corrected chi connectivity index (χ4v) is 3.81. The summed E-state index contributed by atoms with van der Waals surface area (Å²) >= 11 is 6.00. The maximum absolute atomic E-state index is 14.3. The predicted octanol–water partition coefficient (Wildman–Crippen LogP) is 3.53. The van der Waals surface area contributed by atoms with Crippen molar-refractivity contribution in [2.24, 2.45) is 5.41 Å². The lowest BCUT2D eigenvalue weighted by Crippen LogP contribution is -2.40. The first-order valence-electron chi connectivity index (χ1n) is 8.31. The fourth-order valence-electron chi connectivity index (χ4n) is 2.64. The van der Waals surface area contributed by atoms with E-state index in [2.05, 4.69) is 25.3 Å². The predicted molar refractivity (Wildman–Crippen MR) is 105 cm³/mol. The van der Waals surface area contributed by atoms with Crippen molar-refractivity contribution in [3.63, 3.8) is 0 Å². The maximum Gasteiger partial charge on any atom is 0.266 e. The van der Waals surface area contributed by atoms with Gasteiger partial charge in [0, 0.05) is 29.4 Å². The number of H-pyrrole nitrogens is 1. The molecule has 0 saturated heterocycles. The number of hydrogen-bond acceptors (Lipinski definition) is 6. The highest BCUT2D eigenvalue weighted by atomic mass is 35.5. The van der Waals surface area contributed by atoms with Gasteiger partial charge in [0.2, 0.25) is 0 Å². The lowest BCUT2D eigenvalue weighted by molar-refractivity contribution is 0.351. The summed E-state index contributed by atoms with van der Waals surface area (Å²) in [5.41, 5.74) is 0.530. The molecule has 150 valence electrons. The molecule has 3 heterocycles. The average Bonchev–Trinajstić information content (AvgIpc) is 2.97. The van der Waals surface area contributed by atoms with Crippen LogP contribution in [0.15, 0.2) is 24.7 Å². The van der Waals surface area contributed by atoms with E-state index < -0.39 is 33.1 Å². The van der Waals surface area contributed by atoms with E-state index >= 15 is 0 Å². The summed E-state index contributed by atoms with van der Waals surface area (Å²) in [5.74, 6) is -1.30. The Bertz CT molecular complexity index is 1130. The standard InChI is InChI=1S/C17H19ClFN5O3S/c1-17(2,3)13(8-28(25,26)27)23-16-12(19)7-22-15(24-16)11-6-21-14-10(11)4-9(18)5-20-14/h4-7,13H,8H2,1-3H3,(H,20,21)(H,22,23,24)(H,25,26,27)/t13-/m1/s1.